The fourth-order valence-corrected chi connectivity index (χ4v) is 5.55. The van der Waals surface area contributed by atoms with E-state index in [1.165, 1.54) is 19.2 Å². The number of alkyl carbamates (subject to hydrolysis) is 1. The fraction of sp³-hybridized carbons (Fsp3) is 0.500. The minimum absolute atomic E-state index is 0.0186. The van der Waals surface area contributed by atoms with Gasteiger partial charge in [-0.05, 0) is 53.2 Å². The summed E-state index contributed by atoms with van der Waals surface area (Å²) in [6.07, 6.45) is 0.275. The van der Waals surface area contributed by atoms with E-state index in [-0.39, 0.29) is 21.9 Å². The van der Waals surface area contributed by atoms with Crippen molar-refractivity contribution in [1.29, 1.82) is 0 Å². The van der Waals surface area contributed by atoms with Gasteiger partial charge in [-0.3, -0.25) is 4.79 Å². The number of halogens is 1. The van der Waals surface area contributed by atoms with E-state index in [9.17, 15) is 22.8 Å². The first-order valence-electron chi connectivity index (χ1n) is 10.1. The van der Waals surface area contributed by atoms with E-state index in [1.54, 1.807) is 47.6 Å². The van der Waals surface area contributed by atoms with Gasteiger partial charge in [-0.25, -0.2) is 22.3 Å². The Labute approximate surface area is 199 Å². The van der Waals surface area contributed by atoms with Gasteiger partial charge in [0.2, 0.25) is 0 Å². The molecule has 1 atom stereocenters. The number of nitrogens with zero attached hydrogens (tertiary/aromatic N) is 1. The molecule has 0 bridgehead atoms. The monoisotopic (exact) mass is 500 g/mol. The Bertz CT molecular complexity index is 1100. The van der Waals surface area contributed by atoms with Gasteiger partial charge < -0.3 is 14.8 Å². The first-order valence-corrected chi connectivity index (χ1v) is 12.0. The summed E-state index contributed by atoms with van der Waals surface area (Å²) in [7, 11) is -2.89. The second kappa shape index (κ2) is 9.34. The SMILES string of the molecule is COC(=O)[C@H](Cc1ccc(C2=CC(=O)N(C(C)(C)C)S2(=O)=O)c(Cl)c1)NC(=O)OC(C)(C)C. The van der Waals surface area contributed by atoms with Crippen molar-refractivity contribution in [3.63, 3.8) is 0 Å². The van der Waals surface area contributed by atoms with Gasteiger partial charge >= 0.3 is 12.1 Å². The summed E-state index contributed by atoms with van der Waals surface area (Å²) in [5.74, 6) is -1.33. The van der Waals surface area contributed by atoms with Crippen LogP contribution in [0.1, 0.15) is 52.7 Å². The maximum Gasteiger partial charge on any atom is 0.408 e. The third kappa shape index (κ3) is 6.26. The Balaban J connectivity index is 2.31. The normalized spacial score (nSPS) is 16.8. The van der Waals surface area contributed by atoms with Crippen LogP contribution in [0, 0.1) is 0 Å². The number of ether oxygens (including phenoxy) is 2. The molecule has 11 heteroatoms. The van der Waals surface area contributed by atoms with E-state index < -0.39 is 45.2 Å². The van der Waals surface area contributed by atoms with E-state index in [0.717, 1.165) is 10.4 Å². The lowest BCUT2D eigenvalue weighted by Gasteiger charge is -2.30. The zero-order valence-electron chi connectivity index (χ0n) is 19.7. The third-order valence-corrected chi connectivity index (χ3v) is 6.91. The second-order valence-corrected chi connectivity index (χ2v) is 11.7. The Morgan fingerprint density at radius 3 is 2.21 bits per heavy atom. The van der Waals surface area contributed by atoms with Crippen molar-refractivity contribution in [2.45, 2.75) is 65.1 Å². The molecule has 2 amide bonds. The molecule has 1 aliphatic rings. The number of sulfonamides is 1. The van der Waals surface area contributed by atoms with Crippen molar-refractivity contribution in [2.75, 3.05) is 7.11 Å². The quantitative estimate of drug-likeness (QED) is 0.616. The van der Waals surface area contributed by atoms with Crippen LogP contribution in [0.25, 0.3) is 4.91 Å². The summed E-state index contributed by atoms with van der Waals surface area (Å²) in [5.41, 5.74) is -1.00. The summed E-state index contributed by atoms with van der Waals surface area (Å²) in [6, 6.07) is 3.44. The molecule has 0 aromatic heterocycles. The molecule has 1 aromatic carbocycles. The van der Waals surface area contributed by atoms with Gasteiger partial charge in [0.25, 0.3) is 15.9 Å². The molecule has 33 heavy (non-hydrogen) atoms. The van der Waals surface area contributed by atoms with Crippen molar-refractivity contribution < 1.29 is 32.3 Å². The molecule has 2 rings (SSSR count). The number of rotatable bonds is 5. The van der Waals surface area contributed by atoms with E-state index in [4.69, 9.17) is 21.1 Å². The average Bonchev–Trinajstić information content (AvgIpc) is 2.87. The van der Waals surface area contributed by atoms with Crippen molar-refractivity contribution in [2.24, 2.45) is 0 Å². The van der Waals surface area contributed by atoms with Crippen molar-refractivity contribution >= 4 is 44.5 Å². The van der Waals surface area contributed by atoms with Crippen LogP contribution in [-0.4, -0.2) is 55.0 Å². The molecule has 0 spiro atoms. The van der Waals surface area contributed by atoms with E-state index >= 15 is 0 Å². The predicted molar refractivity (Wildman–Crippen MR) is 124 cm³/mol. The minimum Gasteiger partial charge on any atom is -0.467 e. The molecular formula is C22H29ClN2O7S. The molecule has 0 radical (unpaired) electrons. The zero-order valence-corrected chi connectivity index (χ0v) is 21.3. The average molecular weight is 501 g/mol. The zero-order chi connectivity index (χ0) is 25.4. The van der Waals surface area contributed by atoms with Crippen LogP contribution < -0.4 is 5.32 Å². The maximum absolute atomic E-state index is 13.0. The molecule has 1 aromatic rings. The van der Waals surface area contributed by atoms with Crippen molar-refractivity contribution in [3.05, 3.63) is 40.4 Å². The van der Waals surface area contributed by atoms with Gasteiger partial charge in [-0.2, -0.15) is 0 Å². The molecular weight excluding hydrogens is 472 g/mol. The Morgan fingerprint density at radius 1 is 1.15 bits per heavy atom. The molecule has 0 unspecified atom stereocenters. The first-order chi connectivity index (χ1) is 15.0. The number of carbonyl (C=O) groups excluding carboxylic acids is 3. The lowest BCUT2D eigenvalue weighted by Crippen LogP contribution is -2.45. The summed E-state index contributed by atoms with van der Waals surface area (Å²) in [6.45, 7) is 9.93. The fourth-order valence-electron chi connectivity index (χ4n) is 3.28. The Morgan fingerprint density at radius 2 is 1.76 bits per heavy atom. The molecule has 9 nitrogen and oxygen atoms in total. The number of amides is 2. The van der Waals surface area contributed by atoms with Crippen LogP contribution in [0.4, 0.5) is 4.79 Å². The number of carbonyl (C=O) groups is 3. The highest BCUT2D eigenvalue weighted by Crippen LogP contribution is 2.38. The predicted octanol–water partition coefficient (Wildman–Crippen LogP) is 3.26. The lowest BCUT2D eigenvalue weighted by molar-refractivity contribution is -0.143. The number of hydrogen-bond donors (Lipinski definition) is 1. The number of hydrogen-bond acceptors (Lipinski definition) is 7. The summed E-state index contributed by atoms with van der Waals surface area (Å²) in [5, 5.41) is 2.54. The van der Waals surface area contributed by atoms with Gasteiger partial charge in [0.1, 0.15) is 16.5 Å². The van der Waals surface area contributed by atoms with Gasteiger partial charge in [0.05, 0.1) is 12.6 Å². The van der Waals surface area contributed by atoms with Gasteiger partial charge in [0.15, 0.2) is 0 Å². The van der Waals surface area contributed by atoms with Crippen LogP contribution in [0.5, 0.6) is 0 Å². The molecule has 0 saturated carbocycles. The summed E-state index contributed by atoms with van der Waals surface area (Å²) < 4.78 is 36.7. The van der Waals surface area contributed by atoms with Crippen LogP contribution in [-0.2, 0) is 35.5 Å². The highest BCUT2D eigenvalue weighted by molar-refractivity contribution is 7.99. The van der Waals surface area contributed by atoms with Gasteiger partial charge in [-0.1, -0.05) is 23.7 Å². The van der Waals surface area contributed by atoms with E-state index in [1.807, 2.05) is 0 Å². The highest BCUT2D eigenvalue weighted by atomic mass is 35.5. The van der Waals surface area contributed by atoms with Crippen LogP contribution in [0.2, 0.25) is 5.02 Å². The van der Waals surface area contributed by atoms with Crippen LogP contribution in [0.15, 0.2) is 24.3 Å². The topological polar surface area (TPSA) is 119 Å². The first kappa shape index (κ1) is 26.7. The molecule has 182 valence electrons. The molecule has 0 fully saturated rings. The van der Waals surface area contributed by atoms with Crippen LogP contribution >= 0.6 is 11.6 Å². The Kier molecular flexibility index (Phi) is 7.55. The van der Waals surface area contributed by atoms with Crippen LogP contribution in [0.3, 0.4) is 0 Å². The van der Waals surface area contributed by atoms with Crippen molar-refractivity contribution in [3.8, 4) is 0 Å². The third-order valence-electron chi connectivity index (χ3n) is 4.50. The number of esters is 1. The number of nitrogens with one attached hydrogen (secondary N) is 1. The van der Waals surface area contributed by atoms with E-state index in [2.05, 4.69) is 5.32 Å². The van der Waals surface area contributed by atoms with Crippen molar-refractivity contribution in [1.82, 2.24) is 9.62 Å². The smallest absolute Gasteiger partial charge is 0.408 e. The number of methoxy groups -OCH3 is 1. The van der Waals surface area contributed by atoms with E-state index in [0.29, 0.717) is 5.56 Å². The molecule has 1 N–H and O–H groups in total. The second-order valence-electron chi connectivity index (χ2n) is 9.53. The number of benzene rings is 1. The lowest BCUT2D eigenvalue weighted by atomic mass is 10.0. The molecule has 1 aliphatic heterocycles. The molecule has 1 heterocycles. The van der Waals surface area contributed by atoms with Gasteiger partial charge in [0, 0.05) is 23.1 Å². The van der Waals surface area contributed by atoms with Gasteiger partial charge in [-0.15, -0.1) is 0 Å². The largest absolute Gasteiger partial charge is 0.467 e. The highest BCUT2D eigenvalue weighted by Gasteiger charge is 2.44. The maximum atomic E-state index is 13.0. The standard InChI is InChI=1S/C22H29ClN2O7S/c1-21(2,3)25-18(26)12-17(33(25,29)30)14-9-8-13(10-15(14)23)11-16(19(27)31-7)24-20(28)32-22(4,5)6/h8-10,12,16H,11H2,1-7H3,(H,24,28)/t16-/m0/s1. The summed E-state index contributed by atoms with van der Waals surface area (Å²) >= 11 is 6.37. The minimum atomic E-state index is -4.08. The molecule has 0 aliphatic carbocycles. The summed E-state index contributed by atoms with van der Waals surface area (Å²) in [4.78, 5) is 36.5. The molecule has 0 saturated heterocycles. The Hall–Kier alpha value is -2.59.